The first kappa shape index (κ1) is 10.4. The fraction of sp³-hybridized carbons (Fsp3) is 1.00. The average Bonchev–Trinajstić information content (AvgIpc) is 2.19. The van der Waals surface area contributed by atoms with Crippen molar-refractivity contribution in [3.8, 4) is 0 Å². The lowest BCUT2D eigenvalue weighted by atomic mass is 10.0. The number of likely N-dealkylation sites (tertiary alicyclic amines) is 1. The highest BCUT2D eigenvalue weighted by molar-refractivity contribution is 4.83. The Morgan fingerprint density at radius 3 is 2.79 bits per heavy atom. The summed E-state index contributed by atoms with van der Waals surface area (Å²) < 4.78 is 0. The summed E-state index contributed by atoms with van der Waals surface area (Å²) in [7, 11) is 2.23. The lowest BCUT2D eigenvalue weighted by Gasteiger charge is -2.34. The molecule has 3 heteroatoms. The van der Waals surface area contributed by atoms with Crippen LogP contribution in [0.25, 0.3) is 0 Å². The van der Waals surface area contributed by atoms with Crippen LogP contribution in [0.5, 0.6) is 0 Å². The molecule has 0 aliphatic carbocycles. The molecule has 82 valence electrons. The summed E-state index contributed by atoms with van der Waals surface area (Å²) in [5, 5.41) is 7.24. The quantitative estimate of drug-likeness (QED) is 0.672. The summed E-state index contributed by atoms with van der Waals surface area (Å²) in [4.78, 5) is 2.44. The second-order valence-electron chi connectivity index (χ2n) is 4.81. The minimum absolute atomic E-state index is 0.722. The van der Waals surface area contributed by atoms with Gasteiger partial charge in [0.05, 0.1) is 0 Å². The zero-order valence-corrected chi connectivity index (χ0v) is 9.26. The van der Waals surface area contributed by atoms with Crippen LogP contribution in [0.3, 0.4) is 0 Å². The Morgan fingerprint density at radius 1 is 1.21 bits per heavy atom. The molecule has 2 heterocycles. The number of likely N-dealkylation sites (N-methyl/N-ethyl adjacent to an activating group) is 1. The van der Waals surface area contributed by atoms with Crippen molar-refractivity contribution in [1.29, 1.82) is 0 Å². The number of piperidine rings is 2. The van der Waals surface area contributed by atoms with Crippen molar-refractivity contribution < 1.29 is 0 Å². The van der Waals surface area contributed by atoms with Crippen LogP contribution in [-0.2, 0) is 0 Å². The van der Waals surface area contributed by atoms with Gasteiger partial charge in [0.15, 0.2) is 0 Å². The number of nitrogens with zero attached hydrogens (tertiary/aromatic N) is 1. The third-order valence-electron chi connectivity index (χ3n) is 3.39. The van der Waals surface area contributed by atoms with Crippen molar-refractivity contribution in [3.63, 3.8) is 0 Å². The Kier molecular flexibility index (Phi) is 3.79. The van der Waals surface area contributed by atoms with Crippen molar-refractivity contribution in [1.82, 2.24) is 15.5 Å². The van der Waals surface area contributed by atoms with E-state index in [4.69, 9.17) is 0 Å². The van der Waals surface area contributed by atoms with E-state index in [1.54, 1.807) is 0 Å². The van der Waals surface area contributed by atoms with Crippen LogP contribution in [0.4, 0.5) is 0 Å². The second-order valence-corrected chi connectivity index (χ2v) is 4.81. The summed E-state index contributed by atoms with van der Waals surface area (Å²) in [5.41, 5.74) is 0. The van der Waals surface area contributed by atoms with E-state index < -0.39 is 0 Å². The molecule has 0 aromatic heterocycles. The first-order valence-electron chi connectivity index (χ1n) is 6.00. The monoisotopic (exact) mass is 197 g/mol. The zero-order valence-electron chi connectivity index (χ0n) is 9.26. The molecular weight excluding hydrogens is 174 g/mol. The van der Waals surface area contributed by atoms with E-state index in [1.165, 1.54) is 51.9 Å². The number of hydrogen-bond acceptors (Lipinski definition) is 3. The second kappa shape index (κ2) is 5.10. The van der Waals surface area contributed by atoms with Gasteiger partial charge >= 0.3 is 0 Å². The Bertz CT molecular complexity index is 166. The standard InChI is InChI=1S/C11H23N3/c1-14-7-3-5-11(9-14)13-10-4-2-6-12-8-10/h10-13H,2-9H2,1H3. The van der Waals surface area contributed by atoms with E-state index in [0.29, 0.717) is 0 Å². The molecule has 0 aromatic carbocycles. The van der Waals surface area contributed by atoms with Crippen LogP contribution >= 0.6 is 0 Å². The summed E-state index contributed by atoms with van der Waals surface area (Å²) >= 11 is 0. The van der Waals surface area contributed by atoms with Crippen LogP contribution in [0.2, 0.25) is 0 Å². The molecule has 2 N–H and O–H groups in total. The maximum Gasteiger partial charge on any atom is 0.0198 e. The molecule has 0 bridgehead atoms. The van der Waals surface area contributed by atoms with Gasteiger partial charge in [-0.05, 0) is 45.8 Å². The Morgan fingerprint density at radius 2 is 2.07 bits per heavy atom. The van der Waals surface area contributed by atoms with E-state index in [1.807, 2.05) is 0 Å². The summed E-state index contributed by atoms with van der Waals surface area (Å²) in [6.45, 7) is 4.89. The summed E-state index contributed by atoms with van der Waals surface area (Å²) in [6, 6.07) is 1.46. The maximum absolute atomic E-state index is 3.78. The molecule has 0 radical (unpaired) electrons. The molecule has 14 heavy (non-hydrogen) atoms. The molecule has 2 fully saturated rings. The third-order valence-corrected chi connectivity index (χ3v) is 3.39. The van der Waals surface area contributed by atoms with Gasteiger partial charge < -0.3 is 15.5 Å². The van der Waals surface area contributed by atoms with Gasteiger partial charge in [0, 0.05) is 25.2 Å². The third kappa shape index (κ3) is 2.94. The molecule has 0 spiro atoms. The Balaban J connectivity index is 1.72. The minimum atomic E-state index is 0.722. The van der Waals surface area contributed by atoms with Crippen molar-refractivity contribution in [2.45, 2.75) is 37.8 Å². The number of rotatable bonds is 2. The van der Waals surface area contributed by atoms with Gasteiger partial charge in [-0.3, -0.25) is 0 Å². The minimum Gasteiger partial charge on any atom is -0.315 e. The van der Waals surface area contributed by atoms with Crippen LogP contribution < -0.4 is 10.6 Å². The lowest BCUT2D eigenvalue weighted by Crippen LogP contribution is -2.52. The predicted octanol–water partition coefficient (Wildman–Crippen LogP) is 0.422. The molecule has 2 atom stereocenters. The first-order chi connectivity index (χ1) is 6.84. The summed E-state index contributed by atoms with van der Waals surface area (Å²) in [6.07, 6.45) is 5.41. The van der Waals surface area contributed by atoms with E-state index >= 15 is 0 Å². The smallest absolute Gasteiger partial charge is 0.0198 e. The maximum atomic E-state index is 3.78. The van der Waals surface area contributed by atoms with Gasteiger partial charge in [-0.1, -0.05) is 0 Å². The topological polar surface area (TPSA) is 27.3 Å². The van der Waals surface area contributed by atoms with Crippen LogP contribution in [-0.4, -0.2) is 50.2 Å². The van der Waals surface area contributed by atoms with E-state index in [-0.39, 0.29) is 0 Å². The molecule has 2 rings (SSSR count). The van der Waals surface area contributed by atoms with Crippen LogP contribution in [0, 0.1) is 0 Å². The SMILES string of the molecule is CN1CCCC(NC2CCCNC2)C1. The predicted molar refractivity (Wildman–Crippen MR) is 59.5 cm³/mol. The van der Waals surface area contributed by atoms with Crippen LogP contribution in [0.1, 0.15) is 25.7 Å². The highest BCUT2D eigenvalue weighted by Gasteiger charge is 2.21. The average molecular weight is 197 g/mol. The largest absolute Gasteiger partial charge is 0.315 e. The molecular formula is C11H23N3. The molecule has 2 aliphatic rings. The molecule has 2 unspecified atom stereocenters. The molecule has 3 nitrogen and oxygen atoms in total. The fourth-order valence-electron chi connectivity index (χ4n) is 2.63. The van der Waals surface area contributed by atoms with Crippen molar-refractivity contribution in [2.24, 2.45) is 0 Å². The lowest BCUT2D eigenvalue weighted by molar-refractivity contribution is 0.208. The number of hydrogen-bond donors (Lipinski definition) is 2. The van der Waals surface area contributed by atoms with E-state index in [9.17, 15) is 0 Å². The van der Waals surface area contributed by atoms with Gasteiger partial charge in [-0.25, -0.2) is 0 Å². The van der Waals surface area contributed by atoms with Gasteiger partial charge in [0.1, 0.15) is 0 Å². The Labute approximate surface area is 87.2 Å². The molecule has 0 amide bonds. The number of nitrogens with one attached hydrogen (secondary N) is 2. The highest BCUT2D eigenvalue weighted by atomic mass is 15.1. The molecule has 0 saturated carbocycles. The van der Waals surface area contributed by atoms with Crippen molar-refractivity contribution in [2.75, 3.05) is 33.2 Å². The summed E-state index contributed by atoms with van der Waals surface area (Å²) in [5.74, 6) is 0. The van der Waals surface area contributed by atoms with Gasteiger partial charge in [0.2, 0.25) is 0 Å². The highest BCUT2D eigenvalue weighted by Crippen LogP contribution is 2.10. The molecule has 2 aliphatic heterocycles. The first-order valence-corrected chi connectivity index (χ1v) is 6.00. The fourth-order valence-corrected chi connectivity index (χ4v) is 2.63. The van der Waals surface area contributed by atoms with E-state index in [0.717, 1.165) is 12.1 Å². The van der Waals surface area contributed by atoms with E-state index in [2.05, 4.69) is 22.6 Å². The molecule has 0 aromatic rings. The van der Waals surface area contributed by atoms with Gasteiger partial charge in [0.25, 0.3) is 0 Å². The Hall–Kier alpha value is -0.120. The van der Waals surface area contributed by atoms with Crippen molar-refractivity contribution in [3.05, 3.63) is 0 Å². The normalized spacial score (nSPS) is 35.8. The van der Waals surface area contributed by atoms with Crippen molar-refractivity contribution >= 4 is 0 Å². The van der Waals surface area contributed by atoms with Gasteiger partial charge in [-0.2, -0.15) is 0 Å². The van der Waals surface area contributed by atoms with Gasteiger partial charge in [-0.15, -0.1) is 0 Å². The molecule has 2 saturated heterocycles. The zero-order chi connectivity index (χ0) is 9.80. The van der Waals surface area contributed by atoms with Crippen LogP contribution in [0.15, 0.2) is 0 Å².